The van der Waals surface area contributed by atoms with E-state index in [4.69, 9.17) is 33.7 Å². The average Bonchev–Trinajstić information content (AvgIpc) is 2.42. The molecule has 6 heteroatoms. The summed E-state index contributed by atoms with van der Waals surface area (Å²) in [5, 5.41) is 3.37. The molecule has 2 aromatic rings. The summed E-state index contributed by atoms with van der Waals surface area (Å²) in [5.74, 6) is 0.0770. The first-order valence-corrected chi connectivity index (χ1v) is 6.47. The fourth-order valence-electron chi connectivity index (χ4n) is 1.68. The number of hydrogen-bond donors (Lipinski definition) is 2. The first-order valence-electron chi connectivity index (χ1n) is 5.72. The van der Waals surface area contributed by atoms with Gasteiger partial charge in [-0.05, 0) is 18.2 Å². The van der Waals surface area contributed by atoms with Crippen LogP contribution in [0.15, 0.2) is 36.4 Å². The third-order valence-corrected chi connectivity index (χ3v) is 3.33. The van der Waals surface area contributed by atoms with Gasteiger partial charge in [0, 0.05) is 6.07 Å². The zero-order chi connectivity index (χ0) is 14.7. The maximum atomic E-state index is 12.1. The average molecular weight is 311 g/mol. The molecule has 20 heavy (non-hydrogen) atoms. The lowest BCUT2D eigenvalue weighted by molar-refractivity contribution is 0.102. The van der Waals surface area contributed by atoms with Crippen molar-refractivity contribution in [2.24, 2.45) is 0 Å². The molecule has 104 valence electrons. The highest BCUT2D eigenvalue weighted by Gasteiger charge is 2.13. The molecule has 3 N–H and O–H groups in total. The number of rotatable bonds is 3. The number of nitrogens with two attached hydrogens (primary N) is 1. The summed E-state index contributed by atoms with van der Waals surface area (Å²) < 4.78 is 5.09. The van der Waals surface area contributed by atoms with Crippen molar-refractivity contribution in [3.8, 4) is 5.75 Å². The number of carbonyl (C=O) groups is 1. The van der Waals surface area contributed by atoms with Crippen LogP contribution in [0, 0.1) is 0 Å². The molecule has 0 atom stereocenters. The van der Waals surface area contributed by atoms with E-state index in [2.05, 4.69) is 5.32 Å². The summed E-state index contributed by atoms with van der Waals surface area (Å²) in [4.78, 5) is 12.1. The topological polar surface area (TPSA) is 64.3 Å². The van der Waals surface area contributed by atoms with Gasteiger partial charge in [-0.1, -0.05) is 35.3 Å². The van der Waals surface area contributed by atoms with E-state index in [1.54, 1.807) is 30.3 Å². The Morgan fingerprint density at radius 3 is 2.55 bits per heavy atom. The van der Waals surface area contributed by atoms with Crippen molar-refractivity contribution in [1.29, 1.82) is 0 Å². The standard InChI is InChI=1S/C14H12Cl2N2O2/c1-20-13-7-12(10(16)6-11(13)17)18-14(19)8-4-2-3-5-9(8)15/h2-7H,17H2,1H3,(H,18,19). The van der Waals surface area contributed by atoms with Crippen LogP contribution < -0.4 is 15.8 Å². The third-order valence-electron chi connectivity index (χ3n) is 2.69. The molecule has 0 aliphatic carbocycles. The molecule has 0 heterocycles. The minimum Gasteiger partial charge on any atom is -0.495 e. The fraction of sp³-hybridized carbons (Fsp3) is 0.0714. The van der Waals surface area contributed by atoms with Gasteiger partial charge in [-0.15, -0.1) is 0 Å². The highest BCUT2D eigenvalue weighted by atomic mass is 35.5. The van der Waals surface area contributed by atoms with Gasteiger partial charge in [0.15, 0.2) is 0 Å². The Kier molecular flexibility index (Phi) is 4.37. The number of nitrogens with one attached hydrogen (secondary N) is 1. The number of anilines is 2. The molecule has 0 fully saturated rings. The predicted octanol–water partition coefficient (Wildman–Crippen LogP) is 3.84. The monoisotopic (exact) mass is 310 g/mol. The number of ether oxygens (including phenoxy) is 1. The molecule has 0 radical (unpaired) electrons. The molecule has 0 aliphatic heterocycles. The van der Waals surface area contributed by atoms with Gasteiger partial charge in [-0.2, -0.15) is 0 Å². The first-order chi connectivity index (χ1) is 9.52. The SMILES string of the molecule is COc1cc(NC(=O)c2ccccc2Cl)c(Cl)cc1N. The molecule has 0 bridgehead atoms. The van der Waals surface area contributed by atoms with Gasteiger partial charge in [0.25, 0.3) is 5.91 Å². The van der Waals surface area contributed by atoms with E-state index in [0.29, 0.717) is 32.7 Å². The van der Waals surface area contributed by atoms with Crippen molar-refractivity contribution >= 4 is 40.5 Å². The molecule has 0 saturated heterocycles. The summed E-state index contributed by atoms with van der Waals surface area (Å²) >= 11 is 12.0. The zero-order valence-electron chi connectivity index (χ0n) is 10.6. The Morgan fingerprint density at radius 1 is 1.20 bits per heavy atom. The van der Waals surface area contributed by atoms with Crippen LogP contribution in [-0.4, -0.2) is 13.0 Å². The second-order valence-corrected chi connectivity index (χ2v) is 4.82. The number of methoxy groups -OCH3 is 1. The Morgan fingerprint density at radius 2 is 1.90 bits per heavy atom. The van der Waals surface area contributed by atoms with E-state index in [9.17, 15) is 4.79 Å². The van der Waals surface area contributed by atoms with Gasteiger partial charge < -0.3 is 15.8 Å². The number of nitrogen functional groups attached to an aromatic ring is 1. The Labute approximate surface area is 126 Å². The van der Waals surface area contributed by atoms with Crippen molar-refractivity contribution in [2.45, 2.75) is 0 Å². The van der Waals surface area contributed by atoms with Crippen LogP contribution in [0.5, 0.6) is 5.75 Å². The van der Waals surface area contributed by atoms with Gasteiger partial charge >= 0.3 is 0 Å². The lowest BCUT2D eigenvalue weighted by Crippen LogP contribution is -2.13. The lowest BCUT2D eigenvalue weighted by Gasteiger charge is -2.11. The molecule has 0 aliphatic rings. The largest absolute Gasteiger partial charge is 0.495 e. The van der Waals surface area contributed by atoms with E-state index in [-0.39, 0.29) is 5.91 Å². The molecular weight excluding hydrogens is 299 g/mol. The minimum absolute atomic E-state index is 0.323. The molecule has 2 rings (SSSR count). The fourth-order valence-corrected chi connectivity index (χ4v) is 2.12. The maximum Gasteiger partial charge on any atom is 0.257 e. The summed E-state index contributed by atoms with van der Waals surface area (Å²) in [5.41, 5.74) is 6.89. The van der Waals surface area contributed by atoms with Gasteiger partial charge in [-0.3, -0.25) is 4.79 Å². The quantitative estimate of drug-likeness (QED) is 0.847. The van der Waals surface area contributed by atoms with Crippen LogP contribution in [0.25, 0.3) is 0 Å². The van der Waals surface area contributed by atoms with Crippen LogP contribution in [0.4, 0.5) is 11.4 Å². The lowest BCUT2D eigenvalue weighted by atomic mass is 10.2. The molecule has 0 spiro atoms. The Hall–Kier alpha value is -1.91. The smallest absolute Gasteiger partial charge is 0.257 e. The van der Waals surface area contributed by atoms with Crippen LogP contribution in [0.1, 0.15) is 10.4 Å². The molecule has 0 unspecified atom stereocenters. The highest BCUT2D eigenvalue weighted by Crippen LogP contribution is 2.33. The molecule has 2 aromatic carbocycles. The Bertz CT molecular complexity index is 660. The summed E-state index contributed by atoms with van der Waals surface area (Å²) in [6.45, 7) is 0. The Balaban J connectivity index is 2.31. The molecule has 0 aromatic heterocycles. The number of benzene rings is 2. The van der Waals surface area contributed by atoms with Crippen molar-refractivity contribution in [3.05, 3.63) is 52.0 Å². The summed E-state index contributed by atoms with van der Waals surface area (Å²) in [7, 11) is 1.49. The zero-order valence-corrected chi connectivity index (χ0v) is 12.1. The van der Waals surface area contributed by atoms with Crippen molar-refractivity contribution in [3.63, 3.8) is 0 Å². The van der Waals surface area contributed by atoms with Gasteiger partial charge in [0.1, 0.15) is 5.75 Å². The van der Waals surface area contributed by atoms with Crippen molar-refractivity contribution in [2.75, 3.05) is 18.2 Å². The van der Waals surface area contributed by atoms with Gasteiger partial charge in [-0.25, -0.2) is 0 Å². The molecule has 1 amide bonds. The van der Waals surface area contributed by atoms with Crippen LogP contribution in [-0.2, 0) is 0 Å². The number of hydrogen-bond acceptors (Lipinski definition) is 3. The van der Waals surface area contributed by atoms with Crippen LogP contribution >= 0.6 is 23.2 Å². The van der Waals surface area contributed by atoms with Crippen molar-refractivity contribution < 1.29 is 9.53 Å². The first kappa shape index (κ1) is 14.5. The highest BCUT2D eigenvalue weighted by molar-refractivity contribution is 6.36. The maximum absolute atomic E-state index is 12.1. The number of amides is 1. The second-order valence-electron chi connectivity index (χ2n) is 4.01. The predicted molar refractivity (Wildman–Crippen MR) is 81.8 cm³/mol. The summed E-state index contributed by atoms with van der Waals surface area (Å²) in [6, 6.07) is 9.82. The van der Waals surface area contributed by atoms with Crippen molar-refractivity contribution in [1.82, 2.24) is 0 Å². The molecule has 0 saturated carbocycles. The number of halogens is 2. The molecular formula is C14H12Cl2N2O2. The van der Waals surface area contributed by atoms with Crippen LogP contribution in [0.3, 0.4) is 0 Å². The minimum atomic E-state index is -0.357. The summed E-state index contributed by atoms with van der Waals surface area (Å²) in [6.07, 6.45) is 0. The van der Waals surface area contributed by atoms with E-state index in [0.717, 1.165) is 0 Å². The normalized spacial score (nSPS) is 10.2. The number of carbonyl (C=O) groups excluding carboxylic acids is 1. The third kappa shape index (κ3) is 2.98. The van der Waals surface area contributed by atoms with E-state index < -0.39 is 0 Å². The van der Waals surface area contributed by atoms with E-state index in [1.165, 1.54) is 13.2 Å². The van der Waals surface area contributed by atoms with Gasteiger partial charge in [0.05, 0.1) is 34.1 Å². The van der Waals surface area contributed by atoms with E-state index in [1.807, 2.05) is 0 Å². The second kappa shape index (κ2) is 6.03. The molecule has 4 nitrogen and oxygen atoms in total. The van der Waals surface area contributed by atoms with Crippen LogP contribution in [0.2, 0.25) is 10.0 Å². The van der Waals surface area contributed by atoms with E-state index >= 15 is 0 Å². The van der Waals surface area contributed by atoms with Gasteiger partial charge in [0.2, 0.25) is 0 Å².